The third-order valence-corrected chi connectivity index (χ3v) is 4.10. The lowest BCUT2D eigenvalue weighted by Crippen LogP contribution is -2.32. The van der Waals surface area contributed by atoms with Crippen LogP contribution >= 0.6 is 0 Å². The maximum Gasteiger partial charge on any atom is 0.211 e. The predicted molar refractivity (Wildman–Crippen MR) is 72.6 cm³/mol. The van der Waals surface area contributed by atoms with Crippen LogP contribution in [0.1, 0.15) is 25.5 Å². The molecule has 0 radical (unpaired) electrons. The average Bonchev–Trinajstić information content (AvgIpc) is 2.37. The molecule has 0 saturated carbocycles. The molecule has 1 heterocycles. The van der Waals surface area contributed by atoms with Crippen molar-refractivity contribution in [2.45, 2.75) is 32.2 Å². The van der Waals surface area contributed by atoms with Crippen LogP contribution < -0.4 is 10.5 Å². The van der Waals surface area contributed by atoms with Gasteiger partial charge in [0.2, 0.25) is 10.0 Å². The zero-order valence-electron chi connectivity index (χ0n) is 10.7. The van der Waals surface area contributed by atoms with E-state index in [1.807, 2.05) is 25.1 Å². The predicted octanol–water partition coefficient (Wildman–Crippen LogP) is 0.671. The number of sulfonamides is 1. The molecule has 1 aromatic heterocycles. The molecule has 0 amide bonds. The number of nitrogens with two attached hydrogens (primary N) is 1. The molecule has 0 saturated heterocycles. The van der Waals surface area contributed by atoms with Crippen molar-refractivity contribution in [3.05, 3.63) is 30.1 Å². The van der Waals surface area contributed by atoms with E-state index in [0.29, 0.717) is 19.4 Å². The Kier molecular flexibility index (Phi) is 6.24. The van der Waals surface area contributed by atoms with Crippen molar-refractivity contribution in [3.63, 3.8) is 0 Å². The van der Waals surface area contributed by atoms with E-state index < -0.39 is 10.0 Å². The van der Waals surface area contributed by atoms with E-state index in [4.69, 9.17) is 5.73 Å². The van der Waals surface area contributed by atoms with Crippen LogP contribution in [0.25, 0.3) is 0 Å². The molecule has 1 unspecified atom stereocenters. The first-order valence-corrected chi connectivity index (χ1v) is 7.81. The van der Waals surface area contributed by atoms with Crippen molar-refractivity contribution in [2.24, 2.45) is 5.73 Å². The van der Waals surface area contributed by atoms with Gasteiger partial charge in [-0.1, -0.05) is 13.0 Å². The number of nitrogens with one attached hydrogen (secondary N) is 1. The Morgan fingerprint density at radius 2 is 2.22 bits per heavy atom. The molecule has 0 aromatic carbocycles. The third-order valence-electron chi connectivity index (χ3n) is 2.71. The summed E-state index contributed by atoms with van der Waals surface area (Å²) < 4.78 is 25.9. The fraction of sp³-hybridized carbons (Fsp3) is 0.583. The van der Waals surface area contributed by atoms with Gasteiger partial charge < -0.3 is 5.73 Å². The fourth-order valence-electron chi connectivity index (χ4n) is 1.46. The van der Waals surface area contributed by atoms with E-state index in [1.54, 1.807) is 6.20 Å². The zero-order valence-corrected chi connectivity index (χ0v) is 11.5. The van der Waals surface area contributed by atoms with Gasteiger partial charge in [-0.25, -0.2) is 13.1 Å². The van der Waals surface area contributed by atoms with Crippen LogP contribution in [0.3, 0.4) is 0 Å². The summed E-state index contributed by atoms with van der Waals surface area (Å²) in [6, 6.07) is 5.54. The summed E-state index contributed by atoms with van der Waals surface area (Å²) >= 11 is 0. The molecule has 0 aliphatic carbocycles. The second-order valence-electron chi connectivity index (χ2n) is 4.24. The maximum absolute atomic E-state index is 11.7. The first kappa shape index (κ1) is 15.1. The highest BCUT2D eigenvalue weighted by atomic mass is 32.2. The molecule has 5 nitrogen and oxygen atoms in total. The zero-order chi connectivity index (χ0) is 13.4. The first-order chi connectivity index (χ1) is 8.53. The van der Waals surface area contributed by atoms with Gasteiger partial charge in [0.05, 0.1) is 5.75 Å². The number of nitrogens with zero attached hydrogens (tertiary/aromatic N) is 1. The summed E-state index contributed by atoms with van der Waals surface area (Å²) in [4.78, 5) is 4.09. The Morgan fingerprint density at radius 1 is 1.44 bits per heavy atom. The lowest BCUT2D eigenvalue weighted by molar-refractivity contribution is 0.557. The fourth-order valence-corrected chi connectivity index (χ4v) is 2.51. The van der Waals surface area contributed by atoms with Crippen LogP contribution in [-0.4, -0.2) is 31.7 Å². The van der Waals surface area contributed by atoms with Crippen molar-refractivity contribution in [1.29, 1.82) is 0 Å². The lowest BCUT2D eigenvalue weighted by atomic mass is 10.2. The molecule has 1 atom stereocenters. The number of hydrogen-bond donors (Lipinski definition) is 2. The van der Waals surface area contributed by atoms with E-state index in [9.17, 15) is 8.42 Å². The molecule has 0 spiro atoms. The molecule has 0 aliphatic heterocycles. The molecule has 18 heavy (non-hydrogen) atoms. The largest absolute Gasteiger partial charge is 0.328 e. The highest BCUT2D eigenvalue weighted by molar-refractivity contribution is 7.89. The van der Waals surface area contributed by atoms with Crippen molar-refractivity contribution in [1.82, 2.24) is 9.71 Å². The topological polar surface area (TPSA) is 85.1 Å². The number of rotatable bonds is 8. The quantitative estimate of drug-likeness (QED) is 0.728. The smallest absolute Gasteiger partial charge is 0.211 e. The minimum absolute atomic E-state index is 0.0588. The summed E-state index contributed by atoms with van der Waals surface area (Å²) in [6.45, 7) is 2.39. The van der Waals surface area contributed by atoms with Crippen LogP contribution in [0, 0.1) is 0 Å². The summed E-state index contributed by atoms with van der Waals surface area (Å²) in [7, 11) is -3.23. The van der Waals surface area contributed by atoms with Crippen molar-refractivity contribution < 1.29 is 8.42 Å². The monoisotopic (exact) mass is 271 g/mol. The van der Waals surface area contributed by atoms with Crippen LogP contribution in [0.5, 0.6) is 0 Å². The maximum atomic E-state index is 11.7. The van der Waals surface area contributed by atoms with Gasteiger partial charge in [0.25, 0.3) is 0 Å². The van der Waals surface area contributed by atoms with E-state index >= 15 is 0 Å². The Hall–Kier alpha value is -0.980. The minimum atomic E-state index is -3.23. The van der Waals surface area contributed by atoms with E-state index in [2.05, 4.69) is 9.71 Å². The van der Waals surface area contributed by atoms with Crippen LogP contribution in [0.2, 0.25) is 0 Å². The molecule has 1 rings (SSSR count). The van der Waals surface area contributed by atoms with Gasteiger partial charge in [0, 0.05) is 30.9 Å². The lowest BCUT2D eigenvalue weighted by Gasteiger charge is -2.10. The van der Waals surface area contributed by atoms with Gasteiger partial charge in [0.15, 0.2) is 0 Å². The van der Waals surface area contributed by atoms with Crippen LogP contribution in [0.15, 0.2) is 24.4 Å². The minimum Gasteiger partial charge on any atom is -0.328 e. The molecule has 6 heteroatoms. The molecule has 3 N–H and O–H groups in total. The van der Waals surface area contributed by atoms with E-state index in [-0.39, 0.29) is 11.8 Å². The van der Waals surface area contributed by atoms with Crippen LogP contribution in [0.4, 0.5) is 0 Å². The molecule has 102 valence electrons. The van der Waals surface area contributed by atoms with Gasteiger partial charge in [-0.05, 0) is 25.0 Å². The first-order valence-electron chi connectivity index (χ1n) is 6.16. The van der Waals surface area contributed by atoms with Gasteiger partial charge in [0.1, 0.15) is 0 Å². The Bertz CT molecular complexity index is 434. The summed E-state index contributed by atoms with van der Waals surface area (Å²) in [5.41, 5.74) is 6.51. The highest BCUT2D eigenvalue weighted by Gasteiger charge is 2.10. The van der Waals surface area contributed by atoms with Gasteiger partial charge >= 0.3 is 0 Å². The van der Waals surface area contributed by atoms with Gasteiger partial charge in [-0.2, -0.15) is 0 Å². The van der Waals surface area contributed by atoms with Gasteiger partial charge in [-0.3, -0.25) is 4.98 Å². The summed E-state index contributed by atoms with van der Waals surface area (Å²) in [6.07, 6.45) is 3.61. The standard InChI is InChI=1S/C12H21N3O2S/c1-2-11(13)6-9-15-18(16,17)10-7-12-5-3-4-8-14-12/h3-5,8,11,15H,2,6-7,9-10,13H2,1H3. The average molecular weight is 271 g/mol. The SMILES string of the molecule is CCC(N)CCNS(=O)(=O)CCc1ccccn1. The summed E-state index contributed by atoms with van der Waals surface area (Å²) in [5.74, 6) is 0.0609. The summed E-state index contributed by atoms with van der Waals surface area (Å²) in [5, 5.41) is 0. The molecule has 0 fully saturated rings. The molecule has 0 aliphatic rings. The second-order valence-corrected chi connectivity index (χ2v) is 6.17. The molecule has 1 aromatic rings. The molecular formula is C12H21N3O2S. The van der Waals surface area contributed by atoms with Crippen molar-refractivity contribution in [2.75, 3.05) is 12.3 Å². The Morgan fingerprint density at radius 3 is 2.83 bits per heavy atom. The Balaban J connectivity index is 2.32. The second kappa shape index (κ2) is 7.45. The number of pyridine rings is 1. The van der Waals surface area contributed by atoms with E-state index in [1.165, 1.54) is 0 Å². The highest BCUT2D eigenvalue weighted by Crippen LogP contribution is 1.98. The third kappa shape index (κ3) is 6.09. The van der Waals surface area contributed by atoms with Crippen LogP contribution in [-0.2, 0) is 16.4 Å². The van der Waals surface area contributed by atoms with Gasteiger partial charge in [-0.15, -0.1) is 0 Å². The van der Waals surface area contributed by atoms with Crippen molar-refractivity contribution >= 4 is 10.0 Å². The normalized spacial score (nSPS) is 13.4. The number of aryl methyl sites for hydroxylation is 1. The van der Waals surface area contributed by atoms with E-state index in [0.717, 1.165) is 12.1 Å². The molecular weight excluding hydrogens is 250 g/mol. The Labute approximate surface area is 109 Å². The molecule has 0 bridgehead atoms. The van der Waals surface area contributed by atoms with Crippen molar-refractivity contribution in [3.8, 4) is 0 Å². The number of hydrogen-bond acceptors (Lipinski definition) is 4. The number of aromatic nitrogens is 1.